The first kappa shape index (κ1) is 16.4. The molecule has 1 N–H and O–H groups in total. The molecule has 1 aliphatic rings. The molecule has 0 saturated heterocycles. The Kier molecular flexibility index (Phi) is 4.76. The van der Waals surface area contributed by atoms with Crippen molar-refractivity contribution in [1.29, 1.82) is 0 Å². The lowest BCUT2D eigenvalue weighted by molar-refractivity contribution is -0.116. The second kappa shape index (κ2) is 6.97. The summed E-state index contributed by atoms with van der Waals surface area (Å²) in [5.74, 6) is 0.0886. The molecule has 0 radical (unpaired) electrons. The van der Waals surface area contributed by atoms with Crippen LogP contribution in [0.2, 0.25) is 0 Å². The van der Waals surface area contributed by atoms with Gasteiger partial charge in [-0.1, -0.05) is 30.3 Å². The lowest BCUT2D eigenvalue weighted by atomic mass is 10.1. The molecule has 3 rings (SSSR count). The molecule has 2 aromatic rings. The molecule has 124 valence electrons. The number of nitrogens with zero attached hydrogens (tertiary/aromatic N) is 1. The summed E-state index contributed by atoms with van der Waals surface area (Å²) in [6.45, 7) is 0.467. The van der Waals surface area contributed by atoms with E-state index in [1.165, 1.54) is 4.90 Å². The quantitative estimate of drug-likeness (QED) is 0.905. The monoisotopic (exact) mass is 342 g/mol. The highest BCUT2D eigenvalue weighted by molar-refractivity contribution is 7.83. The highest BCUT2D eigenvalue weighted by atomic mass is 32.2. The van der Waals surface area contributed by atoms with Gasteiger partial charge in [-0.2, -0.15) is 0 Å². The first-order valence-corrected chi connectivity index (χ1v) is 9.31. The highest BCUT2D eigenvalue weighted by Gasteiger charge is 2.28. The molecule has 0 unspecified atom stereocenters. The van der Waals surface area contributed by atoms with E-state index in [4.69, 9.17) is 0 Å². The van der Waals surface area contributed by atoms with Crippen LogP contribution in [-0.4, -0.2) is 33.7 Å². The molecule has 2 amide bonds. The van der Waals surface area contributed by atoms with Gasteiger partial charge in [-0.3, -0.25) is 13.8 Å². The number of rotatable bonds is 5. The summed E-state index contributed by atoms with van der Waals surface area (Å²) in [6, 6.07) is 14.7. The van der Waals surface area contributed by atoms with Crippen LogP contribution in [0.3, 0.4) is 0 Å². The summed E-state index contributed by atoms with van der Waals surface area (Å²) in [5, 5.41) is 2.80. The normalized spacial score (nSPS) is 14.4. The summed E-state index contributed by atoms with van der Waals surface area (Å²) in [4.78, 5) is 26.0. The Morgan fingerprint density at radius 1 is 1.21 bits per heavy atom. The van der Waals surface area contributed by atoms with Crippen LogP contribution in [0, 0.1) is 0 Å². The molecule has 0 aromatic heterocycles. The molecule has 1 aliphatic heterocycles. The SMILES string of the molecule is C[S@](=O)Cc1cccc(NC(=O)CN2Cc3ccccc3C2=O)c1. The van der Waals surface area contributed by atoms with Gasteiger partial charge < -0.3 is 10.2 Å². The Labute approximate surface area is 143 Å². The average molecular weight is 342 g/mol. The molecular weight excluding hydrogens is 324 g/mol. The lowest BCUT2D eigenvalue weighted by Gasteiger charge is -2.15. The summed E-state index contributed by atoms with van der Waals surface area (Å²) < 4.78 is 11.3. The molecule has 0 saturated carbocycles. The third-order valence-electron chi connectivity index (χ3n) is 3.81. The van der Waals surface area contributed by atoms with Crippen molar-refractivity contribution in [3.8, 4) is 0 Å². The molecule has 0 bridgehead atoms. The van der Waals surface area contributed by atoms with Gasteiger partial charge in [-0.15, -0.1) is 0 Å². The van der Waals surface area contributed by atoms with E-state index < -0.39 is 10.8 Å². The van der Waals surface area contributed by atoms with E-state index in [2.05, 4.69) is 5.32 Å². The van der Waals surface area contributed by atoms with Crippen molar-refractivity contribution in [3.63, 3.8) is 0 Å². The third-order valence-corrected chi connectivity index (χ3v) is 4.55. The smallest absolute Gasteiger partial charge is 0.254 e. The van der Waals surface area contributed by atoms with Crippen molar-refractivity contribution in [3.05, 3.63) is 65.2 Å². The summed E-state index contributed by atoms with van der Waals surface area (Å²) >= 11 is 0. The van der Waals surface area contributed by atoms with Gasteiger partial charge in [0.2, 0.25) is 5.91 Å². The van der Waals surface area contributed by atoms with Crippen LogP contribution in [0.25, 0.3) is 0 Å². The minimum absolute atomic E-state index is 0.0114. The molecule has 0 fully saturated rings. The average Bonchev–Trinajstić information content (AvgIpc) is 2.83. The molecule has 2 aromatic carbocycles. The number of amides is 2. The van der Waals surface area contributed by atoms with Crippen molar-refractivity contribution in [1.82, 2.24) is 4.90 Å². The molecule has 5 nitrogen and oxygen atoms in total. The molecule has 1 heterocycles. The van der Waals surface area contributed by atoms with E-state index in [1.807, 2.05) is 30.3 Å². The Hall–Kier alpha value is -2.47. The van der Waals surface area contributed by atoms with Crippen LogP contribution in [0.4, 0.5) is 5.69 Å². The van der Waals surface area contributed by atoms with Gasteiger partial charge in [0.25, 0.3) is 5.91 Å². The third kappa shape index (κ3) is 3.71. The maximum Gasteiger partial charge on any atom is 0.254 e. The molecule has 0 spiro atoms. The van der Waals surface area contributed by atoms with Crippen molar-refractivity contribution in [2.75, 3.05) is 18.1 Å². The van der Waals surface area contributed by atoms with E-state index >= 15 is 0 Å². The highest BCUT2D eigenvalue weighted by Crippen LogP contribution is 2.22. The van der Waals surface area contributed by atoms with Crippen LogP contribution in [0.15, 0.2) is 48.5 Å². The molecular formula is C18H18N2O3S. The van der Waals surface area contributed by atoms with E-state index in [1.54, 1.807) is 24.5 Å². The summed E-state index contributed by atoms with van der Waals surface area (Å²) in [7, 11) is -0.934. The van der Waals surface area contributed by atoms with Gasteiger partial charge >= 0.3 is 0 Å². The van der Waals surface area contributed by atoms with Crippen LogP contribution in [-0.2, 0) is 27.9 Å². The Morgan fingerprint density at radius 2 is 2.00 bits per heavy atom. The minimum atomic E-state index is -0.934. The van der Waals surface area contributed by atoms with Gasteiger partial charge in [-0.25, -0.2) is 0 Å². The van der Waals surface area contributed by atoms with E-state index in [9.17, 15) is 13.8 Å². The first-order chi connectivity index (χ1) is 11.5. The van der Waals surface area contributed by atoms with Crippen molar-refractivity contribution in [2.45, 2.75) is 12.3 Å². The van der Waals surface area contributed by atoms with E-state index in [0.717, 1.165) is 11.1 Å². The molecule has 6 heteroatoms. The van der Waals surface area contributed by atoms with Gasteiger partial charge in [0, 0.05) is 40.6 Å². The standard InChI is InChI=1S/C18H18N2O3S/c1-24(23)12-13-5-4-7-15(9-13)19-17(21)11-20-10-14-6-2-3-8-16(14)18(20)22/h2-9H,10-12H2,1H3,(H,19,21)/t24-/m0/s1. The van der Waals surface area contributed by atoms with Crippen molar-refractivity contribution < 1.29 is 13.8 Å². The van der Waals surface area contributed by atoms with Gasteiger partial charge in [0.1, 0.15) is 6.54 Å². The van der Waals surface area contributed by atoms with Gasteiger partial charge in [0.05, 0.1) is 0 Å². The van der Waals surface area contributed by atoms with Crippen LogP contribution in [0.1, 0.15) is 21.5 Å². The van der Waals surface area contributed by atoms with E-state index in [0.29, 0.717) is 23.5 Å². The largest absolute Gasteiger partial charge is 0.325 e. The number of anilines is 1. The van der Waals surface area contributed by atoms with Gasteiger partial charge in [0.15, 0.2) is 0 Å². The van der Waals surface area contributed by atoms with Crippen molar-refractivity contribution >= 4 is 28.3 Å². The Morgan fingerprint density at radius 3 is 2.75 bits per heavy atom. The zero-order valence-electron chi connectivity index (χ0n) is 13.3. The van der Waals surface area contributed by atoms with Crippen LogP contribution in [0.5, 0.6) is 0 Å². The maximum atomic E-state index is 12.3. The molecule has 24 heavy (non-hydrogen) atoms. The van der Waals surface area contributed by atoms with Crippen LogP contribution >= 0.6 is 0 Å². The predicted molar refractivity (Wildman–Crippen MR) is 94.0 cm³/mol. The summed E-state index contributed by atoms with van der Waals surface area (Å²) in [5.41, 5.74) is 3.16. The molecule has 0 aliphatic carbocycles. The Balaban J connectivity index is 1.63. The van der Waals surface area contributed by atoms with E-state index in [-0.39, 0.29) is 18.4 Å². The predicted octanol–water partition coefficient (Wildman–Crippen LogP) is 2.16. The minimum Gasteiger partial charge on any atom is -0.325 e. The Bertz CT molecular complexity index is 819. The number of hydrogen-bond donors (Lipinski definition) is 1. The number of carbonyl (C=O) groups is 2. The topological polar surface area (TPSA) is 66.5 Å². The number of fused-ring (bicyclic) bond motifs is 1. The summed E-state index contributed by atoms with van der Waals surface area (Å²) in [6.07, 6.45) is 1.64. The number of benzene rings is 2. The van der Waals surface area contributed by atoms with Crippen LogP contribution < -0.4 is 5.32 Å². The van der Waals surface area contributed by atoms with Gasteiger partial charge in [-0.05, 0) is 29.3 Å². The zero-order chi connectivity index (χ0) is 17.1. The maximum absolute atomic E-state index is 12.3. The fraction of sp³-hybridized carbons (Fsp3) is 0.222. The number of hydrogen-bond acceptors (Lipinski definition) is 3. The number of nitrogens with one attached hydrogen (secondary N) is 1. The second-order valence-electron chi connectivity index (χ2n) is 5.78. The van der Waals surface area contributed by atoms with Crippen molar-refractivity contribution in [2.24, 2.45) is 0 Å². The first-order valence-electron chi connectivity index (χ1n) is 7.59. The number of carbonyl (C=O) groups excluding carboxylic acids is 2. The fourth-order valence-corrected chi connectivity index (χ4v) is 3.44. The zero-order valence-corrected chi connectivity index (χ0v) is 14.1. The lowest BCUT2D eigenvalue weighted by Crippen LogP contribution is -2.33. The fourth-order valence-electron chi connectivity index (χ4n) is 2.79. The second-order valence-corrected chi connectivity index (χ2v) is 7.22. The molecule has 1 atom stereocenters.